The quantitative estimate of drug-likeness (QED) is 0.926. The number of hydrogen-bond acceptors (Lipinski definition) is 4. The average Bonchev–Trinajstić information content (AvgIpc) is 2.31. The molecular weight excluding hydrogens is 281 g/mol. The van der Waals surface area contributed by atoms with E-state index in [0.29, 0.717) is 15.8 Å². The lowest BCUT2D eigenvalue weighted by Gasteiger charge is -2.07. The molecule has 0 spiro atoms. The zero-order chi connectivity index (χ0) is 13.5. The molecule has 0 aliphatic rings. The van der Waals surface area contributed by atoms with Gasteiger partial charge in [-0.25, -0.2) is 4.79 Å². The Morgan fingerprint density at radius 3 is 2.61 bits per heavy atom. The number of amides is 2. The Bertz CT molecular complexity index is 451. The molecule has 98 valence electrons. The summed E-state index contributed by atoms with van der Waals surface area (Å²) in [5.41, 5.74) is 0. The molecule has 0 atom stereocenters. The van der Waals surface area contributed by atoms with Crippen LogP contribution in [0.25, 0.3) is 0 Å². The number of hydrogen-bond donors (Lipinski definition) is 1. The number of carbonyl (C=O) groups excluding carboxylic acids is 2. The van der Waals surface area contributed by atoms with Gasteiger partial charge in [0.1, 0.15) is 5.75 Å². The van der Waals surface area contributed by atoms with Crippen LogP contribution in [0.4, 0.5) is 4.79 Å². The second kappa shape index (κ2) is 7.08. The predicted molar refractivity (Wildman–Crippen MR) is 67.1 cm³/mol. The smallest absolute Gasteiger partial charge is 0.413 e. The van der Waals surface area contributed by atoms with E-state index in [-0.39, 0.29) is 13.2 Å². The van der Waals surface area contributed by atoms with E-state index < -0.39 is 12.0 Å². The first-order valence-electron chi connectivity index (χ1n) is 5.07. The Morgan fingerprint density at radius 2 is 2.00 bits per heavy atom. The van der Waals surface area contributed by atoms with Gasteiger partial charge in [-0.15, -0.1) is 0 Å². The summed E-state index contributed by atoms with van der Waals surface area (Å²) in [7, 11) is 0. The molecule has 1 rings (SSSR count). The topological polar surface area (TPSA) is 64.6 Å². The van der Waals surface area contributed by atoms with Crippen molar-refractivity contribution < 1.29 is 19.1 Å². The lowest BCUT2D eigenvalue weighted by molar-refractivity contribution is -0.122. The Hall–Kier alpha value is -1.46. The van der Waals surface area contributed by atoms with Crippen molar-refractivity contribution in [2.45, 2.75) is 6.92 Å². The number of rotatable bonds is 4. The highest BCUT2D eigenvalue weighted by molar-refractivity contribution is 6.42. The minimum absolute atomic E-state index is 0.187. The second-order valence-corrected chi connectivity index (χ2v) is 3.95. The molecule has 0 aliphatic heterocycles. The van der Waals surface area contributed by atoms with Gasteiger partial charge in [0, 0.05) is 6.07 Å². The van der Waals surface area contributed by atoms with E-state index in [4.69, 9.17) is 27.9 Å². The highest BCUT2D eigenvalue weighted by Gasteiger charge is 2.09. The van der Waals surface area contributed by atoms with Gasteiger partial charge in [0.15, 0.2) is 6.61 Å². The number of carbonyl (C=O) groups is 2. The predicted octanol–water partition coefficient (Wildman–Crippen LogP) is 2.64. The molecule has 1 aromatic carbocycles. The summed E-state index contributed by atoms with van der Waals surface area (Å²) in [4.78, 5) is 22.2. The lowest BCUT2D eigenvalue weighted by atomic mass is 10.3. The molecule has 0 fully saturated rings. The molecule has 7 heteroatoms. The van der Waals surface area contributed by atoms with Gasteiger partial charge in [0.05, 0.1) is 16.7 Å². The first-order valence-corrected chi connectivity index (χ1v) is 5.83. The molecule has 0 bridgehead atoms. The van der Waals surface area contributed by atoms with Gasteiger partial charge in [-0.2, -0.15) is 0 Å². The molecule has 0 saturated carbocycles. The van der Waals surface area contributed by atoms with Crippen LogP contribution >= 0.6 is 23.2 Å². The van der Waals surface area contributed by atoms with Crippen LogP contribution in [0.5, 0.6) is 5.75 Å². The van der Waals surface area contributed by atoms with E-state index >= 15 is 0 Å². The zero-order valence-electron chi connectivity index (χ0n) is 9.54. The molecule has 5 nitrogen and oxygen atoms in total. The summed E-state index contributed by atoms with van der Waals surface area (Å²) in [5.74, 6) is -0.233. The summed E-state index contributed by atoms with van der Waals surface area (Å²) in [6.07, 6.45) is -0.805. The molecular formula is C11H11Cl2NO4. The average molecular weight is 292 g/mol. The maximum absolute atomic E-state index is 11.3. The summed E-state index contributed by atoms with van der Waals surface area (Å²) in [5, 5.41) is 2.70. The van der Waals surface area contributed by atoms with Crippen LogP contribution in [0, 0.1) is 0 Å². The minimum atomic E-state index is -0.805. The van der Waals surface area contributed by atoms with Crippen LogP contribution in [0.3, 0.4) is 0 Å². The van der Waals surface area contributed by atoms with Crippen LogP contribution in [0.1, 0.15) is 6.92 Å². The Morgan fingerprint density at radius 1 is 1.28 bits per heavy atom. The summed E-state index contributed by atoms with van der Waals surface area (Å²) in [6.45, 7) is 1.50. The number of imide groups is 1. The second-order valence-electron chi connectivity index (χ2n) is 3.13. The fraction of sp³-hybridized carbons (Fsp3) is 0.273. The molecule has 0 radical (unpaired) electrons. The molecule has 0 aromatic heterocycles. The van der Waals surface area contributed by atoms with Crippen molar-refractivity contribution >= 4 is 35.2 Å². The van der Waals surface area contributed by atoms with Crippen LogP contribution in [-0.4, -0.2) is 25.2 Å². The highest BCUT2D eigenvalue weighted by Crippen LogP contribution is 2.26. The summed E-state index contributed by atoms with van der Waals surface area (Å²) < 4.78 is 9.65. The number of nitrogens with one attached hydrogen (secondary N) is 1. The van der Waals surface area contributed by atoms with Crippen molar-refractivity contribution in [3.63, 3.8) is 0 Å². The maximum atomic E-state index is 11.3. The first kappa shape index (κ1) is 14.6. The van der Waals surface area contributed by atoms with Gasteiger partial charge in [-0.1, -0.05) is 23.2 Å². The standard InChI is InChI=1S/C11H11Cl2NO4/c1-2-17-11(16)14-10(15)6-18-7-3-4-8(12)9(13)5-7/h3-5H,2,6H2,1H3,(H,14,15,16). The van der Waals surface area contributed by atoms with E-state index in [1.165, 1.54) is 6.07 Å². The Kier molecular flexibility index (Phi) is 5.74. The molecule has 2 amide bonds. The number of benzene rings is 1. The fourth-order valence-electron chi connectivity index (χ4n) is 1.03. The first-order chi connectivity index (χ1) is 8.52. The van der Waals surface area contributed by atoms with Crippen molar-refractivity contribution in [1.82, 2.24) is 5.32 Å². The van der Waals surface area contributed by atoms with Crippen LogP contribution in [-0.2, 0) is 9.53 Å². The monoisotopic (exact) mass is 291 g/mol. The highest BCUT2D eigenvalue weighted by atomic mass is 35.5. The van der Waals surface area contributed by atoms with Gasteiger partial charge >= 0.3 is 6.09 Å². The largest absolute Gasteiger partial charge is 0.484 e. The molecule has 0 aliphatic carbocycles. The van der Waals surface area contributed by atoms with Crippen LogP contribution in [0.15, 0.2) is 18.2 Å². The normalized spacial score (nSPS) is 9.72. The van der Waals surface area contributed by atoms with E-state index in [0.717, 1.165) is 0 Å². The minimum Gasteiger partial charge on any atom is -0.484 e. The van der Waals surface area contributed by atoms with Gasteiger partial charge in [0.25, 0.3) is 5.91 Å². The third-order valence-corrected chi connectivity index (χ3v) is 2.52. The third-order valence-electron chi connectivity index (χ3n) is 1.78. The summed E-state index contributed by atoms with van der Waals surface area (Å²) in [6, 6.07) is 4.58. The third kappa shape index (κ3) is 4.81. The van der Waals surface area contributed by atoms with Gasteiger partial charge < -0.3 is 9.47 Å². The van der Waals surface area contributed by atoms with Crippen molar-refractivity contribution in [3.8, 4) is 5.75 Å². The molecule has 18 heavy (non-hydrogen) atoms. The van der Waals surface area contributed by atoms with Gasteiger partial charge in [0.2, 0.25) is 0 Å². The molecule has 1 aromatic rings. The van der Waals surface area contributed by atoms with Crippen molar-refractivity contribution in [3.05, 3.63) is 28.2 Å². The zero-order valence-corrected chi connectivity index (χ0v) is 11.0. The van der Waals surface area contributed by atoms with Crippen molar-refractivity contribution in [2.75, 3.05) is 13.2 Å². The molecule has 0 unspecified atom stereocenters. The van der Waals surface area contributed by atoms with E-state index in [1.807, 2.05) is 5.32 Å². The lowest BCUT2D eigenvalue weighted by Crippen LogP contribution is -2.34. The van der Waals surface area contributed by atoms with E-state index in [9.17, 15) is 9.59 Å². The fourth-order valence-corrected chi connectivity index (χ4v) is 1.32. The molecule has 0 saturated heterocycles. The maximum Gasteiger partial charge on any atom is 0.413 e. The molecule has 1 N–H and O–H groups in total. The van der Waals surface area contributed by atoms with Crippen molar-refractivity contribution in [2.24, 2.45) is 0 Å². The number of ether oxygens (including phenoxy) is 2. The summed E-state index contributed by atoms with van der Waals surface area (Å²) >= 11 is 11.5. The van der Waals surface area contributed by atoms with E-state index in [1.54, 1.807) is 19.1 Å². The number of halogens is 2. The van der Waals surface area contributed by atoms with Crippen LogP contribution in [0.2, 0.25) is 10.0 Å². The van der Waals surface area contributed by atoms with Crippen LogP contribution < -0.4 is 10.1 Å². The van der Waals surface area contributed by atoms with Gasteiger partial charge in [-0.05, 0) is 19.1 Å². The molecule has 0 heterocycles. The number of alkyl carbamates (subject to hydrolysis) is 1. The Balaban J connectivity index is 2.42. The van der Waals surface area contributed by atoms with E-state index in [2.05, 4.69) is 4.74 Å². The SMILES string of the molecule is CCOC(=O)NC(=O)COc1ccc(Cl)c(Cl)c1. The van der Waals surface area contributed by atoms with Gasteiger partial charge in [-0.3, -0.25) is 10.1 Å². The van der Waals surface area contributed by atoms with Crippen molar-refractivity contribution in [1.29, 1.82) is 0 Å². The Labute approximate surface area is 114 Å².